The zero-order valence-corrected chi connectivity index (χ0v) is 14.1. The van der Waals surface area contributed by atoms with Gasteiger partial charge in [-0.1, -0.05) is 47.5 Å². The van der Waals surface area contributed by atoms with Gasteiger partial charge in [0.15, 0.2) is 0 Å². The number of hydrogen-bond donors (Lipinski definition) is 3. The van der Waals surface area contributed by atoms with E-state index in [1.807, 2.05) is 24.3 Å². The molecule has 2 aromatic carbocycles. The van der Waals surface area contributed by atoms with Crippen molar-refractivity contribution >= 4 is 35.0 Å². The molecule has 0 aliphatic heterocycles. The summed E-state index contributed by atoms with van der Waals surface area (Å²) in [7, 11) is 0. The van der Waals surface area contributed by atoms with E-state index < -0.39 is 17.7 Å². The lowest BCUT2D eigenvalue weighted by atomic mass is 9.94. The Bertz CT molecular complexity index is 728. The molecule has 0 saturated carbocycles. The van der Waals surface area contributed by atoms with Crippen molar-refractivity contribution in [2.75, 3.05) is 0 Å². The molecule has 2 amide bonds. The highest BCUT2D eigenvalue weighted by Crippen LogP contribution is 2.27. The molecule has 24 heavy (non-hydrogen) atoms. The Hall–Kier alpha value is -2.08. The lowest BCUT2D eigenvalue weighted by molar-refractivity contribution is -0.133. The monoisotopic (exact) mass is 366 g/mol. The summed E-state index contributed by atoms with van der Waals surface area (Å²) in [6, 6.07) is 12.7. The molecule has 0 aromatic heterocycles. The van der Waals surface area contributed by atoms with E-state index in [2.05, 4.69) is 0 Å². The molecule has 0 radical (unpaired) electrons. The number of benzene rings is 2. The molecule has 0 unspecified atom stereocenters. The van der Waals surface area contributed by atoms with Gasteiger partial charge in [-0.15, -0.1) is 0 Å². The van der Waals surface area contributed by atoms with Crippen LogP contribution in [0.15, 0.2) is 42.5 Å². The van der Waals surface area contributed by atoms with Gasteiger partial charge < -0.3 is 5.73 Å². The van der Waals surface area contributed by atoms with Crippen LogP contribution >= 0.6 is 23.2 Å². The van der Waals surface area contributed by atoms with Crippen LogP contribution in [0.25, 0.3) is 11.1 Å². The zero-order chi connectivity index (χ0) is 17.7. The number of primary amides is 1. The van der Waals surface area contributed by atoms with Crippen LogP contribution in [0.4, 0.5) is 0 Å². The SMILES string of the molecule is NC(=O)[C@@H](CC(=O)NO)Cc1ccc(-c2cc(Cl)cc(Cl)c2)cc1. The third-order valence-corrected chi connectivity index (χ3v) is 4.03. The second-order valence-corrected chi connectivity index (χ2v) is 6.27. The minimum atomic E-state index is -0.691. The Kier molecular flexibility index (Phi) is 6.20. The van der Waals surface area contributed by atoms with Gasteiger partial charge in [-0.25, -0.2) is 5.48 Å². The van der Waals surface area contributed by atoms with E-state index >= 15 is 0 Å². The van der Waals surface area contributed by atoms with E-state index in [1.54, 1.807) is 18.2 Å². The first-order chi connectivity index (χ1) is 11.4. The van der Waals surface area contributed by atoms with Crippen LogP contribution in [0, 0.1) is 5.92 Å². The summed E-state index contributed by atoms with van der Waals surface area (Å²) < 4.78 is 0. The number of hydrogen-bond acceptors (Lipinski definition) is 3. The van der Waals surface area contributed by atoms with Crippen molar-refractivity contribution in [2.24, 2.45) is 11.7 Å². The van der Waals surface area contributed by atoms with Crippen LogP contribution in [0.5, 0.6) is 0 Å². The van der Waals surface area contributed by atoms with Gasteiger partial charge in [0.2, 0.25) is 11.8 Å². The fraction of sp³-hybridized carbons (Fsp3) is 0.176. The average molecular weight is 367 g/mol. The number of nitrogens with two attached hydrogens (primary N) is 1. The van der Waals surface area contributed by atoms with E-state index in [1.165, 1.54) is 5.48 Å². The molecule has 0 aliphatic rings. The first kappa shape index (κ1) is 18.3. The number of carbonyl (C=O) groups is 2. The molecule has 5 nitrogen and oxygen atoms in total. The number of nitrogens with one attached hydrogen (secondary N) is 1. The van der Waals surface area contributed by atoms with Gasteiger partial charge in [-0.05, 0) is 41.3 Å². The third kappa shape index (κ3) is 4.96. The summed E-state index contributed by atoms with van der Waals surface area (Å²) in [6.07, 6.45) is 0.136. The predicted molar refractivity (Wildman–Crippen MR) is 92.8 cm³/mol. The van der Waals surface area contributed by atoms with Crippen molar-refractivity contribution in [3.05, 3.63) is 58.1 Å². The molecule has 126 valence electrons. The third-order valence-electron chi connectivity index (χ3n) is 3.59. The molecule has 4 N–H and O–H groups in total. The van der Waals surface area contributed by atoms with Gasteiger partial charge in [0.1, 0.15) is 0 Å². The maximum Gasteiger partial charge on any atom is 0.244 e. The number of carbonyl (C=O) groups excluding carboxylic acids is 2. The van der Waals surface area contributed by atoms with Crippen LogP contribution in [-0.4, -0.2) is 17.0 Å². The van der Waals surface area contributed by atoms with Crippen molar-refractivity contribution in [2.45, 2.75) is 12.8 Å². The van der Waals surface area contributed by atoms with Crippen molar-refractivity contribution < 1.29 is 14.8 Å². The van der Waals surface area contributed by atoms with Gasteiger partial charge in [0.05, 0.1) is 5.92 Å². The first-order valence-corrected chi connectivity index (χ1v) is 7.92. The molecule has 0 spiro atoms. The normalized spacial score (nSPS) is 11.8. The lowest BCUT2D eigenvalue weighted by Gasteiger charge is -2.12. The van der Waals surface area contributed by atoms with E-state index in [-0.39, 0.29) is 6.42 Å². The first-order valence-electron chi connectivity index (χ1n) is 7.16. The number of rotatable bonds is 6. The topological polar surface area (TPSA) is 92.4 Å². The van der Waals surface area contributed by atoms with Crippen molar-refractivity contribution in [3.63, 3.8) is 0 Å². The number of hydroxylamine groups is 1. The van der Waals surface area contributed by atoms with Crippen molar-refractivity contribution in [3.8, 4) is 11.1 Å². The van der Waals surface area contributed by atoms with Gasteiger partial charge in [0, 0.05) is 16.5 Å². The van der Waals surface area contributed by atoms with Crippen LogP contribution < -0.4 is 11.2 Å². The molecule has 7 heteroatoms. The number of halogens is 2. The van der Waals surface area contributed by atoms with Gasteiger partial charge in [-0.2, -0.15) is 0 Å². The molecule has 0 saturated heterocycles. The van der Waals surface area contributed by atoms with Gasteiger partial charge >= 0.3 is 0 Å². The summed E-state index contributed by atoms with van der Waals surface area (Å²) in [5, 5.41) is 9.66. The van der Waals surface area contributed by atoms with E-state index in [0.717, 1.165) is 16.7 Å². The quantitative estimate of drug-likeness (QED) is 0.541. The molecule has 0 heterocycles. The highest BCUT2D eigenvalue weighted by atomic mass is 35.5. The van der Waals surface area contributed by atoms with Crippen LogP contribution in [0.3, 0.4) is 0 Å². The minimum absolute atomic E-state index is 0.169. The molecule has 2 rings (SSSR count). The van der Waals surface area contributed by atoms with Crippen LogP contribution in [-0.2, 0) is 16.0 Å². The molecule has 0 aliphatic carbocycles. The summed E-state index contributed by atoms with van der Waals surface area (Å²) in [6.45, 7) is 0. The molecular formula is C17H16Cl2N2O3. The van der Waals surface area contributed by atoms with E-state index in [0.29, 0.717) is 16.5 Å². The summed E-state index contributed by atoms with van der Waals surface area (Å²) in [4.78, 5) is 22.7. The summed E-state index contributed by atoms with van der Waals surface area (Å²) >= 11 is 12.0. The van der Waals surface area contributed by atoms with E-state index in [9.17, 15) is 9.59 Å². The molecule has 2 aromatic rings. The van der Waals surface area contributed by atoms with Gasteiger partial charge in [0.25, 0.3) is 0 Å². The summed E-state index contributed by atoms with van der Waals surface area (Å²) in [5.41, 5.74) is 9.47. The molecular weight excluding hydrogens is 351 g/mol. The highest BCUT2D eigenvalue weighted by molar-refractivity contribution is 6.35. The fourth-order valence-electron chi connectivity index (χ4n) is 2.38. The van der Waals surface area contributed by atoms with Crippen molar-refractivity contribution in [1.29, 1.82) is 0 Å². The van der Waals surface area contributed by atoms with Gasteiger partial charge in [-0.3, -0.25) is 14.8 Å². The second-order valence-electron chi connectivity index (χ2n) is 5.40. The maximum atomic E-state index is 11.4. The Labute approximate surface area is 149 Å². The molecule has 0 bridgehead atoms. The zero-order valence-electron chi connectivity index (χ0n) is 12.6. The van der Waals surface area contributed by atoms with Crippen LogP contribution in [0.2, 0.25) is 10.0 Å². The largest absolute Gasteiger partial charge is 0.369 e. The van der Waals surface area contributed by atoms with Crippen molar-refractivity contribution in [1.82, 2.24) is 5.48 Å². The Morgan fingerprint density at radius 2 is 1.62 bits per heavy atom. The van der Waals surface area contributed by atoms with Crippen LogP contribution in [0.1, 0.15) is 12.0 Å². The number of amides is 2. The Morgan fingerprint density at radius 1 is 1.04 bits per heavy atom. The second kappa shape index (κ2) is 8.15. The fourth-order valence-corrected chi connectivity index (χ4v) is 2.91. The Morgan fingerprint density at radius 3 is 2.12 bits per heavy atom. The smallest absolute Gasteiger partial charge is 0.244 e. The Balaban J connectivity index is 2.16. The predicted octanol–water partition coefficient (Wildman–Crippen LogP) is 3.20. The molecule has 1 atom stereocenters. The standard InChI is InChI=1S/C17H16Cl2N2O3/c18-14-6-12(7-15(19)9-14)11-3-1-10(2-4-11)5-13(17(20)23)8-16(22)21-24/h1-4,6-7,9,13,24H,5,8H2,(H2,20,23)(H,21,22)/t13-/m1/s1. The van der Waals surface area contributed by atoms with E-state index in [4.69, 9.17) is 34.1 Å². The summed E-state index contributed by atoms with van der Waals surface area (Å²) in [5.74, 6) is -1.93. The molecule has 0 fully saturated rings. The lowest BCUT2D eigenvalue weighted by Crippen LogP contribution is -2.31. The maximum absolute atomic E-state index is 11.4. The average Bonchev–Trinajstić information content (AvgIpc) is 2.53. The minimum Gasteiger partial charge on any atom is -0.369 e. The highest BCUT2D eigenvalue weighted by Gasteiger charge is 2.19.